The zero-order valence-corrected chi connectivity index (χ0v) is 18.5. The third kappa shape index (κ3) is 5.02. The van der Waals surface area contributed by atoms with E-state index in [-0.39, 0.29) is 23.3 Å². The third-order valence-corrected chi connectivity index (χ3v) is 6.13. The van der Waals surface area contributed by atoms with E-state index in [1.807, 2.05) is 37.2 Å². The first-order valence-corrected chi connectivity index (χ1v) is 10.0. The molecule has 0 fully saturated rings. The molecular formula is C16H16BrClN4O3S2. The van der Waals surface area contributed by atoms with E-state index >= 15 is 0 Å². The predicted octanol–water partition coefficient (Wildman–Crippen LogP) is 4.66. The van der Waals surface area contributed by atoms with Crippen LogP contribution in [0.1, 0.15) is 9.67 Å². The lowest BCUT2D eigenvalue weighted by atomic mass is 10.3. The number of likely N-dealkylation sites (N-methyl/N-ethyl adjacent to an activating group) is 1. The van der Waals surface area contributed by atoms with Gasteiger partial charge in [-0.3, -0.25) is 19.8 Å². The number of aromatic nitrogens is 1. The van der Waals surface area contributed by atoms with E-state index in [2.05, 4.69) is 20.9 Å². The SMILES string of the molecule is CN(C)CCN(C(=O)c1ccc([N+](=O)[O-])s1)c1nc2ccc(Br)cc2s1.Cl. The van der Waals surface area contributed by atoms with Crippen molar-refractivity contribution in [1.82, 2.24) is 9.88 Å². The molecule has 11 heteroatoms. The average molecular weight is 492 g/mol. The van der Waals surface area contributed by atoms with Crippen LogP contribution in [-0.4, -0.2) is 47.9 Å². The molecule has 0 bridgehead atoms. The van der Waals surface area contributed by atoms with Gasteiger partial charge in [-0.05, 0) is 38.4 Å². The molecule has 144 valence electrons. The first-order chi connectivity index (χ1) is 12.3. The highest BCUT2D eigenvalue weighted by Crippen LogP contribution is 2.33. The fourth-order valence-corrected chi connectivity index (χ4v) is 4.57. The molecule has 0 atom stereocenters. The molecule has 0 aliphatic rings. The first kappa shape index (κ1) is 21.7. The lowest BCUT2D eigenvalue weighted by molar-refractivity contribution is -0.380. The quantitative estimate of drug-likeness (QED) is 0.370. The number of nitro groups is 1. The minimum atomic E-state index is -0.485. The van der Waals surface area contributed by atoms with Gasteiger partial charge in [0.15, 0.2) is 5.13 Å². The number of carbonyl (C=O) groups excluding carboxylic acids is 1. The maximum Gasteiger partial charge on any atom is 0.324 e. The molecule has 3 aromatic rings. The Morgan fingerprint density at radius 2 is 1.96 bits per heavy atom. The van der Waals surface area contributed by atoms with E-state index in [9.17, 15) is 14.9 Å². The summed E-state index contributed by atoms with van der Waals surface area (Å²) >= 11 is 5.74. The number of halogens is 2. The Kier molecular flexibility index (Phi) is 7.29. The molecule has 0 saturated heterocycles. The number of nitrogens with zero attached hydrogens (tertiary/aromatic N) is 4. The van der Waals surface area contributed by atoms with Gasteiger partial charge >= 0.3 is 5.00 Å². The van der Waals surface area contributed by atoms with Crippen molar-refractivity contribution in [1.29, 1.82) is 0 Å². The van der Waals surface area contributed by atoms with Crippen LogP contribution in [0.2, 0.25) is 0 Å². The number of hydrogen-bond donors (Lipinski definition) is 0. The van der Waals surface area contributed by atoms with Gasteiger partial charge in [-0.25, -0.2) is 4.98 Å². The maximum atomic E-state index is 13.0. The molecule has 2 heterocycles. The fourth-order valence-electron chi connectivity index (χ4n) is 2.26. The van der Waals surface area contributed by atoms with Crippen molar-refractivity contribution in [2.45, 2.75) is 0 Å². The minimum Gasteiger partial charge on any atom is -0.308 e. The first-order valence-electron chi connectivity index (χ1n) is 7.62. The summed E-state index contributed by atoms with van der Waals surface area (Å²) in [6.45, 7) is 1.09. The van der Waals surface area contributed by atoms with Gasteiger partial charge < -0.3 is 4.90 Å². The lowest BCUT2D eigenvalue weighted by Crippen LogP contribution is -2.36. The second kappa shape index (κ2) is 9.07. The Morgan fingerprint density at radius 3 is 2.59 bits per heavy atom. The predicted molar refractivity (Wildman–Crippen MR) is 116 cm³/mol. The van der Waals surface area contributed by atoms with Gasteiger partial charge in [0.25, 0.3) is 5.91 Å². The molecule has 7 nitrogen and oxygen atoms in total. The van der Waals surface area contributed by atoms with Gasteiger partial charge in [-0.2, -0.15) is 0 Å². The van der Waals surface area contributed by atoms with Gasteiger partial charge in [0, 0.05) is 23.6 Å². The number of thiazole rings is 1. The number of amides is 1. The summed E-state index contributed by atoms with van der Waals surface area (Å²) in [6, 6.07) is 8.61. The van der Waals surface area contributed by atoms with Crippen molar-refractivity contribution in [3.05, 3.63) is 49.8 Å². The van der Waals surface area contributed by atoms with Crippen molar-refractivity contribution in [3.8, 4) is 0 Å². The van der Waals surface area contributed by atoms with Crippen LogP contribution in [0.5, 0.6) is 0 Å². The Labute approximate surface area is 178 Å². The van der Waals surface area contributed by atoms with Crippen molar-refractivity contribution in [2.24, 2.45) is 0 Å². The highest BCUT2D eigenvalue weighted by Gasteiger charge is 2.24. The second-order valence-corrected chi connectivity index (χ2v) is 8.75. The molecule has 27 heavy (non-hydrogen) atoms. The maximum absolute atomic E-state index is 13.0. The molecule has 0 N–H and O–H groups in total. The molecule has 0 radical (unpaired) electrons. The Hall–Kier alpha value is -1.59. The van der Waals surface area contributed by atoms with Crippen molar-refractivity contribution in [3.63, 3.8) is 0 Å². The molecule has 2 aromatic heterocycles. The summed E-state index contributed by atoms with van der Waals surface area (Å²) in [6.07, 6.45) is 0. The highest BCUT2D eigenvalue weighted by atomic mass is 79.9. The van der Waals surface area contributed by atoms with Crippen molar-refractivity contribution >= 4 is 77.3 Å². The molecule has 3 rings (SSSR count). The van der Waals surface area contributed by atoms with Crippen LogP contribution >= 0.6 is 51.0 Å². The Balaban J connectivity index is 0.00000261. The van der Waals surface area contributed by atoms with E-state index in [1.54, 1.807) is 4.90 Å². The zero-order valence-electron chi connectivity index (χ0n) is 14.4. The van der Waals surface area contributed by atoms with E-state index in [0.29, 0.717) is 23.1 Å². The molecule has 0 aliphatic heterocycles. The number of fused-ring (bicyclic) bond motifs is 1. The van der Waals surface area contributed by atoms with Gasteiger partial charge in [0.05, 0.1) is 20.0 Å². The zero-order chi connectivity index (χ0) is 18.8. The standard InChI is InChI=1S/C16H15BrN4O3S2.ClH/c1-19(2)7-8-20(15(22)12-5-6-14(25-12)21(23)24)16-18-11-4-3-10(17)9-13(11)26-16;/h3-6,9H,7-8H2,1-2H3;1H. The average Bonchev–Trinajstić information content (AvgIpc) is 3.20. The summed E-state index contributed by atoms with van der Waals surface area (Å²) in [4.78, 5) is 31.9. The van der Waals surface area contributed by atoms with Crippen LogP contribution in [-0.2, 0) is 0 Å². The number of carbonyl (C=O) groups is 1. The van der Waals surface area contributed by atoms with Crippen LogP contribution in [0.25, 0.3) is 10.2 Å². The van der Waals surface area contributed by atoms with E-state index in [4.69, 9.17) is 0 Å². The van der Waals surface area contributed by atoms with E-state index in [1.165, 1.54) is 23.5 Å². The van der Waals surface area contributed by atoms with Gasteiger partial charge in [0.2, 0.25) is 0 Å². The summed E-state index contributed by atoms with van der Waals surface area (Å²) < 4.78 is 1.91. The van der Waals surface area contributed by atoms with Crippen LogP contribution < -0.4 is 4.90 Å². The lowest BCUT2D eigenvalue weighted by Gasteiger charge is -2.21. The molecule has 0 saturated carbocycles. The van der Waals surface area contributed by atoms with E-state index in [0.717, 1.165) is 26.0 Å². The van der Waals surface area contributed by atoms with Crippen LogP contribution in [0.15, 0.2) is 34.8 Å². The molecular weight excluding hydrogens is 476 g/mol. The van der Waals surface area contributed by atoms with Crippen LogP contribution in [0.3, 0.4) is 0 Å². The number of hydrogen-bond acceptors (Lipinski definition) is 7. The number of thiophene rings is 1. The summed E-state index contributed by atoms with van der Waals surface area (Å²) in [5.41, 5.74) is 0.813. The number of rotatable bonds is 6. The molecule has 0 spiro atoms. The highest BCUT2D eigenvalue weighted by molar-refractivity contribution is 9.10. The molecule has 0 aliphatic carbocycles. The number of anilines is 1. The normalized spacial score (nSPS) is 10.8. The summed E-state index contributed by atoms with van der Waals surface area (Å²) in [5, 5.41) is 11.4. The molecule has 0 unspecified atom stereocenters. The van der Waals surface area contributed by atoms with Crippen LogP contribution in [0.4, 0.5) is 10.1 Å². The van der Waals surface area contributed by atoms with Crippen molar-refractivity contribution < 1.29 is 9.72 Å². The third-order valence-electron chi connectivity index (χ3n) is 3.57. The summed E-state index contributed by atoms with van der Waals surface area (Å²) in [7, 11) is 3.85. The Bertz CT molecular complexity index is 976. The monoisotopic (exact) mass is 490 g/mol. The topological polar surface area (TPSA) is 79.6 Å². The van der Waals surface area contributed by atoms with Gasteiger partial charge in [0.1, 0.15) is 0 Å². The minimum absolute atomic E-state index is 0. The van der Waals surface area contributed by atoms with Gasteiger partial charge in [-0.1, -0.05) is 38.6 Å². The largest absolute Gasteiger partial charge is 0.324 e. The second-order valence-electron chi connectivity index (χ2n) is 5.76. The fraction of sp³-hybridized carbons (Fsp3) is 0.250. The number of benzene rings is 1. The van der Waals surface area contributed by atoms with Crippen molar-refractivity contribution in [2.75, 3.05) is 32.1 Å². The molecule has 1 amide bonds. The summed E-state index contributed by atoms with van der Waals surface area (Å²) in [5.74, 6) is -0.275. The van der Waals surface area contributed by atoms with Crippen LogP contribution in [0, 0.1) is 10.1 Å². The van der Waals surface area contributed by atoms with E-state index < -0.39 is 4.92 Å². The Morgan fingerprint density at radius 1 is 1.22 bits per heavy atom. The smallest absolute Gasteiger partial charge is 0.308 e. The van der Waals surface area contributed by atoms with Gasteiger partial charge in [-0.15, -0.1) is 12.4 Å². The molecule has 1 aromatic carbocycles.